The van der Waals surface area contributed by atoms with E-state index >= 15 is 0 Å². The third kappa shape index (κ3) is 2.05. The van der Waals surface area contributed by atoms with E-state index in [1.54, 1.807) is 30.3 Å². The molecule has 0 saturated heterocycles. The van der Waals surface area contributed by atoms with Crippen LogP contribution in [0.5, 0.6) is 0 Å². The molecule has 0 spiro atoms. The van der Waals surface area contributed by atoms with E-state index in [1.165, 1.54) is 25.1 Å². The van der Waals surface area contributed by atoms with Gasteiger partial charge in [0.05, 0.1) is 0 Å². The Kier molecular flexibility index (Phi) is 2.97. The summed E-state index contributed by atoms with van der Waals surface area (Å²) in [5, 5.41) is 0.877. The van der Waals surface area contributed by atoms with Crippen molar-refractivity contribution in [3.05, 3.63) is 71.5 Å². The quantitative estimate of drug-likeness (QED) is 0.568. The van der Waals surface area contributed by atoms with Crippen molar-refractivity contribution < 1.29 is 13.2 Å². The molecule has 0 heterocycles. The molecule has 0 N–H and O–H groups in total. The fourth-order valence-corrected chi connectivity index (χ4v) is 2.26. The second kappa shape index (κ2) is 4.67. The van der Waals surface area contributed by atoms with Gasteiger partial charge >= 0.3 is 0 Å². The molecular weight excluding hydrogens is 261 g/mol. The van der Waals surface area contributed by atoms with E-state index in [4.69, 9.17) is 0 Å². The van der Waals surface area contributed by atoms with E-state index < -0.39 is 11.6 Å². The fraction of sp³-hybridized carbons (Fsp3) is 0.0588. The second-order valence-electron chi connectivity index (χ2n) is 4.74. The van der Waals surface area contributed by atoms with Crippen LogP contribution in [0, 0.1) is 24.4 Å². The van der Waals surface area contributed by atoms with Crippen LogP contribution in [0.15, 0.2) is 48.5 Å². The van der Waals surface area contributed by atoms with Gasteiger partial charge in [0.25, 0.3) is 0 Å². The molecule has 0 atom stereocenters. The van der Waals surface area contributed by atoms with Crippen LogP contribution >= 0.6 is 0 Å². The van der Waals surface area contributed by atoms with Gasteiger partial charge in [-0.15, -0.1) is 0 Å². The van der Waals surface area contributed by atoms with Crippen molar-refractivity contribution in [2.24, 2.45) is 0 Å². The van der Waals surface area contributed by atoms with E-state index in [1.807, 2.05) is 0 Å². The fourth-order valence-electron chi connectivity index (χ4n) is 2.26. The van der Waals surface area contributed by atoms with Gasteiger partial charge in [0, 0.05) is 10.9 Å². The lowest BCUT2D eigenvalue weighted by Gasteiger charge is -2.07. The van der Waals surface area contributed by atoms with Crippen molar-refractivity contribution in [3.63, 3.8) is 0 Å². The summed E-state index contributed by atoms with van der Waals surface area (Å²) in [5.74, 6) is -1.42. The Labute approximate surface area is 114 Å². The summed E-state index contributed by atoms with van der Waals surface area (Å²) in [4.78, 5) is 0. The van der Waals surface area contributed by atoms with Crippen molar-refractivity contribution in [2.75, 3.05) is 0 Å². The van der Waals surface area contributed by atoms with Crippen molar-refractivity contribution in [3.8, 4) is 11.1 Å². The van der Waals surface area contributed by atoms with E-state index in [-0.39, 0.29) is 11.4 Å². The maximum absolute atomic E-state index is 14.0. The standard InChI is InChI=1S/C17H11F3/c1-10-16(19)9-13-8-12(4-7-15(13)17(10)20)11-2-5-14(18)6-3-11/h2-9H,1H3. The number of hydrogen-bond acceptors (Lipinski definition) is 0. The summed E-state index contributed by atoms with van der Waals surface area (Å²) in [6.07, 6.45) is 0. The van der Waals surface area contributed by atoms with E-state index in [9.17, 15) is 13.2 Å². The molecule has 0 fully saturated rings. The first-order chi connectivity index (χ1) is 9.56. The minimum absolute atomic E-state index is 0.0204. The van der Waals surface area contributed by atoms with Crippen molar-refractivity contribution in [1.82, 2.24) is 0 Å². The number of fused-ring (bicyclic) bond motifs is 1. The highest BCUT2D eigenvalue weighted by Gasteiger charge is 2.10. The Morgan fingerprint density at radius 3 is 2.10 bits per heavy atom. The third-order valence-corrected chi connectivity index (χ3v) is 3.44. The minimum atomic E-state index is -0.564. The minimum Gasteiger partial charge on any atom is -0.207 e. The van der Waals surface area contributed by atoms with E-state index in [0.29, 0.717) is 10.8 Å². The summed E-state index contributed by atoms with van der Waals surface area (Å²) in [6, 6.07) is 12.4. The molecule has 0 aliphatic carbocycles. The highest BCUT2D eigenvalue weighted by Crippen LogP contribution is 2.28. The van der Waals surface area contributed by atoms with Gasteiger partial charge in [0.15, 0.2) is 0 Å². The second-order valence-corrected chi connectivity index (χ2v) is 4.74. The number of hydrogen-bond donors (Lipinski definition) is 0. The zero-order chi connectivity index (χ0) is 14.3. The summed E-state index contributed by atoms with van der Waals surface area (Å²) in [7, 11) is 0. The van der Waals surface area contributed by atoms with Gasteiger partial charge in [-0.25, -0.2) is 13.2 Å². The van der Waals surface area contributed by atoms with E-state index in [2.05, 4.69) is 0 Å². The van der Waals surface area contributed by atoms with Crippen LogP contribution in [0.3, 0.4) is 0 Å². The Morgan fingerprint density at radius 1 is 0.750 bits per heavy atom. The topological polar surface area (TPSA) is 0 Å². The first-order valence-electron chi connectivity index (χ1n) is 6.20. The molecular formula is C17H11F3. The zero-order valence-electron chi connectivity index (χ0n) is 10.8. The maximum Gasteiger partial charge on any atom is 0.136 e. The monoisotopic (exact) mass is 272 g/mol. The molecule has 3 heteroatoms. The van der Waals surface area contributed by atoms with Gasteiger partial charge in [-0.1, -0.05) is 24.3 Å². The Balaban J connectivity index is 2.20. The van der Waals surface area contributed by atoms with Crippen LogP contribution in [0.25, 0.3) is 21.9 Å². The molecule has 20 heavy (non-hydrogen) atoms. The van der Waals surface area contributed by atoms with Crippen LogP contribution in [0.4, 0.5) is 13.2 Å². The van der Waals surface area contributed by atoms with Gasteiger partial charge in [-0.05, 0) is 47.7 Å². The van der Waals surface area contributed by atoms with Crippen molar-refractivity contribution in [2.45, 2.75) is 6.92 Å². The highest BCUT2D eigenvalue weighted by molar-refractivity contribution is 5.88. The van der Waals surface area contributed by atoms with Gasteiger partial charge in [0.1, 0.15) is 17.5 Å². The lowest BCUT2D eigenvalue weighted by Crippen LogP contribution is -1.91. The molecule has 0 unspecified atom stereocenters. The first kappa shape index (κ1) is 12.7. The Bertz CT molecular complexity index is 789. The van der Waals surface area contributed by atoms with E-state index in [0.717, 1.165) is 11.1 Å². The van der Waals surface area contributed by atoms with Crippen LogP contribution in [-0.4, -0.2) is 0 Å². The van der Waals surface area contributed by atoms with Crippen molar-refractivity contribution in [1.29, 1.82) is 0 Å². The van der Waals surface area contributed by atoms with Crippen LogP contribution in [-0.2, 0) is 0 Å². The molecule has 0 aromatic heterocycles. The maximum atomic E-state index is 14.0. The summed E-state index contributed by atoms with van der Waals surface area (Å²) >= 11 is 0. The largest absolute Gasteiger partial charge is 0.207 e. The Hall–Kier alpha value is -2.29. The molecule has 0 aliphatic heterocycles. The number of rotatable bonds is 1. The molecule has 0 saturated carbocycles. The lowest BCUT2D eigenvalue weighted by molar-refractivity contribution is 0.577. The molecule has 0 amide bonds. The van der Waals surface area contributed by atoms with Crippen molar-refractivity contribution >= 4 is 10.8 Å². The summed E-state index contributed by atoms with van der Waals surface area (Å²) in [5.41, 5.74) is 1.61. The average Bonchev–Trinajstić information content (AvgIpc) is 2.45. The average molecular weight is 272 g/mol. The Morgan fingerprint density at radius 2 is 1.40 bits per heavy atom. The molecule has 0 aliphatic rings. The molecule has 3 aromatic carbocycles. The number of benzene rings is 3. The normalized spacial score (nSPS) is 11.0. The van der Waals surface area contributed by atoms with Crippen LogP contribution < -0.4 is 0 Å². The van der Waals surface area contributed by atoms with Gasteiger partial charge in [-0.3, -0.25) is 0 Å². The van der Waals surface area contributed by atoms with Gasteiger partial charge in [-0.2, -0.15) is 0 Å². The molecule has 0 radical (unpaired) electrons. The lowest BCUT2D eigenvalue weighted by atomic mass is 9.99. The van der Waals surface area contributed by atoms with Crippen LogP contribution in [0.2, 0.25) is 0 Å². The molecule has 100 valence electrons. The summed E-state index contributed by atoms with van der Waals surface area (Å²) < 4.78 is 40.5. The predicted molar refractivity (Wildman–Crippen MR) is 74.0 cm³/mol. The third-order valence-electron chi connectivity index (χ3n) is 3.44. The SMILES string of the molecule is Cc1c(F)cc2cc(-c3ccc(F)cc3)ccc2c1F. The molecule has 0 nitrogen and oxygen atoms in total. The predicted octanol–water partition coefficient (Wildman–Crippen LogP) is 5.23. The van der Waals surface area contributed by atoms with Gasteiger partial charge in [0.2, 0.25) is 0 Å². The molecule has 0 bridgehead atoms. The highest BCUT2D eigenvalue weighted by atomic mass is 19.1. The van der Waals surface area contributed by atoms with Gasteiger partial charge < -0.3 is 0 Å². The first-order valence-corrected chi connectivity index (χ1v) is 6.20. The summed E-state index contributed by atoms with van der Waals surface area (Å²) in [6.45, 7) is 1.41. The smallest absolute Gasteiger partial charge is 0.136 e. The zero-order valence-corrected chi connectivity index (χ0v) is 10.8. The van der Waals surface area contributed by atoms with Crippen LogP contribution in [0.1, 0.15) is 5.56 Å². The number of halogens is 3. The molecule has 3 rings (SSSR count). The molecule has 3 aromatic rings.